The molecule has 2 aromatic rings. The lowest BCUT2D eigenvalue weighted by atomic mass is 10.0. The van der Waals surface area contributed by atoms with E-state index in [0.29, 0.717) is 6.54 Å². The molecule has 92 valence electrons. The van der Waals surface area contributed by atoms with Gasteiger partial charge < -0.3 is 5.73 Å². The first-order valence-electron chi connectivity index (χ1n) is 4.70. The van der Waals surface area contributed by atoms with Crippen molar-refractivity contribution in [2.45, 2.75) is 6.54 Å². The lowest BCUT2D eigenvalue weighted by Crippen LogP contribution is -1.99. The number of nitrogens with zero attached hydrogens (tertiary/aromatic N) is 1. The van der Waals surface area contributed by atoms with Gasteiger partial charge in [-0.05, 0) is 34.9 Å². The van der Waals surface area contributed by atoms with E-state index in [1.165, 1.54) is 0 Å². The average Bonchev–Trinajstić information content (AvgIpc) is 2.29. The Morgan fingerprint density at radius 3 is 2.59 bits per heavy atom. The van der Waals surface area contributed by atoms with Crippen LogP contribution < -0.4 is 5.73 Å². The van der Waals surface area contributed by atoms with Crippen LogP contribution in [0.5, 0.6) is 0 Å². The Balaban J connectivity index is 0.00000128. The van der Waals surface area contributed by atoms with Crippen molar-refractivity contribution < 1.29 is 0 Å². The molecule has 0 radical (unpaired) electrons. The van der Waals surface area contributed by atoms with Crippen LogP contribution in [0.2, 0.25) is 5.02 Å². The molecule has 2 rings (SSSR count). The monoisotopic (exact) mass is 290 g/mol. The van der Waals surface area contributed by atoms with Gasteiger partial charge >= 0.3 is 0 Å². The van der Waals surface area contributed by atoms with Crippen molar-refractivity contribution in [2.75, 3.05) is 0 Å². The quantitative estimate of drug-likeness (QED) is 0.916. The maximum absolute atomic E-state index is 5.94. The molecule has 2 nitrogen and oxygen atoms in total. The fourth-order valence-corrected chi connectivity index (χ4v) is 1.72. The highest BCUT2D eigenvalue weighted by atomic mass is 35.5. The summed E-state index contributed by atoms with van der Waals surface area (Å²) in [7, 11) is 0. The Hall–Kier alpha value is -0.800. The summed E-state index contributed by atoms with van der Waals surface area (Å²) < 4.78 is 0. The van der Waals surface area contributed by atoms with E-state index in [2.05, 4.69) is 4.98 Å². The molecular formula is C12H13Cl3N2. The predicted octanol–water partition coefficient (Wildman–Crippen LogP) is 3.70. The summed E-state index contributed by atoms with van der Waals surface area (Å²) in [6.45, 7) is 0.482. The van der Waals surface area contributed by atoms with Crippen molar-refractivity contribution in [1.82, 2.24) is 4.98 Å². The molecule has 0 aliphatic heterocycles. The number of rotatable bonds is 2. The van der Waals surface area contributed by atoms with Gasteiger partial charge in [0.15, 0.2) is 0 Å². The van der Waals surface area contributed by atoms with Gasteiger partial charge in [-0.15, -0.1) is 24.8 Å². The van der Waals surface area contributed by atoms with Crippen LogP contribution in [0.15, 0.2) is 42.7 Å². The lowest BCUT2D eigenvalue weighted by Gasteiger charge is -2.07. The number of benzene rings is 1. The van der Waals surface area contributed by atoms with Crippen molar-refractivity contribution in [3.63, 3.8) is 0 Å². The molecule has 1 aromatic carbocycles. The van der Waals surface area contributed by atoms with Crippen molar-refractivity contribution >= 4 is 36.4 Å². The first-order valence-corrected chi connectivity index (χ1v) is 5.08. The van der Waals surface area contributed by atoms with E-state index in [9.17, 15) is 0 Å². The van der Waals surface area contributed by atoms with E-state index in [0.717, 1.165) is 21.7 Å². The Bertz CT molecular complexity index is 475. The number of pyridine rings is 1. The van der Waals surface area contributed by atoms with Crippen LogP contribution in [0.3, 0.4) is 0 Å². The molecule has 0 aliphatic rings. The number of hydrogen-bond donors (Lipinski definition) is 1. The molecule has 0 saturated heterocycles. The second-order valence-corrected chi connectivity index (χ2v) is 3.68. The molecule has 0 bridgehead atoms. The standard InChI is InChI=1S/C12H11ClN2.2ClH/c13-11-3-1-2-9(6-11)12-4-5-15-8-10(12)7-14;;/h1-6,8H,7,14H2;2*1H. The minimum absolute atomic E-state index is 0. The topological polar surface area (TPSA) is 38.9 Å². The molecule has 17 heavy (non-hydrogen) atoms. The van der Waals surface area contributed by atoms with E-state index in [1.54, 1.807) is 12.4 Å². The Morgan fingerprint density at radius 2 is 1.94 bits per heavy atom. The van der Waals surface area contributed by atoms with Crippen LogP contribution in [-0.2, 0) is 6.54 Å². The van der Waals surface area contributed by atoms with Crippen LogP contribution in [0.1, 0.15) is 5.56 Å². The zero-order chi connectivity index (χ0) is 10.7. The third-order valence-electron chi connectivity index (χ3n) is 2.26. The highest BCUT2D eigenvalue weighted by Gasteiger charge is 2.03. The number of aromatic nitrogens is 1. The van der Waals surface area contributed by atoms with Crippen LogP contribution >= 0.6 is 36.4 Å². The molecule has 2 N–H and O–H groups in total. The van der Waals surface area contributed by atoms with E-state index >= 15 is 0 Å². The van der Waals surface area contributed by atoms with Gasteiger partial charge in [0.25, 0.3) is 0 Å². The Labute approximate surface area is 118 Å². The lowest BCUT2D eigenvalue weighted by molar-refractivity contribution is 1.05. The maximum Gasteiger partial charge on any atom is 0.0412 e. The second-order valence-electron chi connectivity index (χ2n) is 3.25. The summed E-state index contributed by atoms with van der Waals surface area (Å²) in [5, 5.41) is 0.729. The molecule has 0 unspecified atom stereocenters. The second kappa shape index (κ2) is 7.51. The van der Waals surface area contributed by atoms with Gasteiger partial charge in [-0.3, -0.25) is 4.98 Å². The van der Waals surface area contributed by atoms with Crippen LogP contribution in [0, 0.1) is 0 Å². The van der Waals surface area contributed by atoms with Crippen molar-refractivity contribution in [1.29, 1.82) is 0 Å². The summed E-state index contributed by atoms with van der Waals surface area (Å²) in [5.41, 5.74) is 8.85. The first-order chi connectivity index (χ1) is 7.31. The number of hydrogen-bond acceptors (Lipinski definition) is 2. The van der Waals surface area contributed by atoms with Crippen LogP contribution in [-0.4, -0.2) is 4.98 Å². The van der Waals surface area contributed by atoms with Crippen molar-refractivity contribution in [3.05, 3.63) is 53.3 Å². The molecule has 0 spiro atoms. The first kappa shape index (κ1) is 16.2. The summed E-state index contributed by atoms with van der Waals surface area (Å²) >= 11 is 5.94. The van der Waals surface area contributed by atoms with Gasteiger partial charge in [-0.1, -0.05) is 23.7 Å². The summed E-state index contributed by atoms with van der Waals surface area (Å²) in [6.07, 6.45) is 3.55. The van der Waals surface area contributed by atoms with Crippen molar-refractivity contribution in [3.8, 4) is 11.1 Å². The minimum Gasteiger partial charge on any atom is -0.326 e. The number of nitrogens with two attached hydrogens (primary N) is 1. The molecule has 1 aromatic heterocycles. The third-order valence-corrected chi connectivity index (χ3v) is 2.49. The zero-order valence-electron chi connectivity index (χ0n) is 8.97. The molecule has 0 aliphatic carbocycles. The van der Waals surface area contributed by atoms with Gasteiger partial charge in [0.1, 0.15) is 0 Å². The Kier molecular flexibility index (Phi) is 7.16. The van der Waals surface area contributed by atoms with Crippen molar-refractivity contribution in [2.24, 2.45) is 5.73 Å². The molecule has 0 saturated carbocycles. The Morgan fingerprint density at radius 1 is 1.18 bits per heavy atom. The molecule has 5 heteroatoms. The number of halogens is 3. The van der Waals surface area contributed by atoms with E-state index < -0.39 is 0 Å². The summed E-state index contributed by atoms with van der Waals surface area (Å²) in [6, 6.07) is 9.68. The summed E-state index contributed by atoms with van der Waals surface area (Å²) in [5.74, 6) is 0. The zero-order valence-corrected chi connectivity index (χ0v) is 11.4. The van der Waals surface area contributed by atoms with Gasteiger partial charge in [0, 0.05) is 24.0 Å². The largest absolute Gasteiger partial charge is 0.326 e. The van der Waals surface area contributed by atoms with Gasteiger partial charge in [-0.25, -0.2) is 0 Å². The normalized spacial score (nSPS) is 9.06. The van der Waals surface area contributed by atoms with E-state index in [1.807, 2.05) is 30.3 Å². The smallest absolute Gasteiger partial charge is 0.0412 e. The van der Waals surface area contributed by atoms with E-state index in [4.69, 9.17) is 17.3 Å². The van der Waals surface area contributed by atoms with E-state index in [-0.39, 0.29) is 24.8 Å². The molecule has 1 heterocycles. The van der Waals surface area contributed by atoms with Crippen LogP contribution in [0.4, 0.5) is 0 Å². The molecule has 0 fully saturated rings. The highest BCUT2D eigenvalue weighted by molar-refractivity contribution is 6.30. The molecule has 0 atom stereocenters. The van der Waals surface area contributed by atoms with Gasteiger partial charge in [0.05, 0.1) is 0 Å². The summed E-state index contributed by atoms with van der Waals surface area (Å²) in [4.78, 5) is 4.05. The predicted molar refractivity (Wildman–Crippen MR) is 77.1 cm³/mol. The molecular weight excluding hydrogens is 279 g/mol. The highest BCUT2D eigenvalue weighted by Crippen LogP contribution is 2.24. The van der Waals surface area contributed by atoms with Gasteiger partial charge in [0.2, 0.25) is 0 Å². The van der Waals surface area contributed by atoms with Crippen LogP contribution in [0.25, 0.3) is 11.1 Å². The fraction of sp³-hybridized carbons (Fsp3) is 0.0833. The minimum atomic E-state index is 0. The SMILES string of the molecule is Cl.Cl.NCc1cnccc1-c1cccc(Cl)c1. The molecule has 0 amide bonds. The van der Waals surface area contributed by atoms with Gasteiger partial charge in [-0.2, -0.15) is 0 Å². The average molecular weight is 292 g/mol. The third kappa shape index (κ3) is 3.86. The fourth-order valence-electron chi connectivity index (χ4n) is 1.53. The maximum atomic E-state index is 5.94.